The molecule has 2 rings (SSSR count). The highest BCUT2D eigenvalue weighted by molar-refractivity contribution is 5.51. The quantitative estimate of drug-likeness (QED) is 0.823. The summed E-state index contributed by atoms with van der Waals surface area (Å²) in [5.74, 6) is 0.309. The number of benzene rings is 2. The molecule has 0 aliphatic heterocycles. The zero-order chi connectivity index (χ0) is 15.2. The molecule has 0 radical (unpaired) electrons. The molecular formula is C17H20FNO2. The van der Waals surface area contributed by atoms with Gasteiger partial charge < -0.3 is 15.2 Å². The first-order valence-corrected chi connectivity index (χ1v) is 7.08. The molecule has 0 fully saturated rings. The van der Waals surface area contributed by atoms with Crippen molar-refractivity contribution < 1.29 is 14.2 Å². The fourth-order valence-electron chi connectivity index (χ4n) is 2.11. The Balaban J connectivity index is 2.10. The van der Waals surface area contributed by atoms with Gasteiger partial charge in [-0.3, -0.25) is 0 Å². The van der Waals surface area contributed by atoms with Crippen LogP contribution in [0.4, 0.5) is 10.1 Å². The number of ether oxygens (including phenoxy) is 1. The van der Waals surface area contributed by atoms with Gasteiger partial charge in [0.2, 0.25) is 0 Å². The predicted molar refractivity (Wildman–Crippen MR) is 82.3 cm³/mol. The second-order valence-corrected chi connectivity index (χ2v) is 4.95. The molecule has 4 heteroatoms. The Hall–Kier alpha value is -2.23. The summed E-state index contributed by atoms with van der Waals surface area (Å²) in [5.41, 5.74) is 1.54. The number of aromatic hydroxyl groups is 1. The summed E-state index contributed by atoms with van der Waals surface area (Å²) in [4.78, 5) is 0. The molecule has 0 aliphatic rings. The largest absolute Gasteiger partial charge is 0.507 e. The smallest absolute Gasteiger partial charge is 0.126 e. The Labute approximate surface area is 124 Å². The number of phenolic OH excluding ortho intramolecular Hbond substituents is 1. The van der Waals surface area contributed by atoms with Gasteiger partial charge in [-0.25, -0.2) is 4.39 Å². The first kappa shape index (κ1) is 15.2. The summed E-state index contributed by atoms with van der Waals surface area (Å²) in [6.07, 6.45) is 0.956. The second-order valence-electron chi connectivity index (χ2n) is 4.95. The molecule has 0 saturated carbocycles. The molecule has 0 aliphatic carbocycles. The van der Waals surface area contributed by atoms with E-state index in [1.54, 1.807) is 6.07 Å². The predicted octanol–water partition coefficient (Wildman–Crippen LogP) is 4.49. The number of hydrogen-bond acceptors (Lipinski definition) is 3. The fourth-order valence-corrected chi connectivity index (χ4v) is 2.11. The van der Waals surface area contributed by atoms with Crippen molar-refractivity contribution in [2.45, 2.75) is 26.3 Å². The van der Waals surface area contributed by atoms with Crippen LogP contribution in [0.3, 0.4) is 0 Å². The van der Waals surface area contributed by atoms with Gasteiger partial charge in [0.1, 0.15) is 17.3 Å². The standard InChI is InChI=1S/C17H20FNO2/c1-3-9-21-15-6-4-5-14(11-15)19-12(2)16-8-7-13(18)10-17(16)20/h4-8,10-12,19-20H,3,9H2,1-2H3. The number of halogens is 1. The van der Waals surface area contributed by atoms with Crippen LogP contribution in [-0.2, 0) is 0 Å². The van der Waals surface area contributed by atoms with Crippen molar-refractivity contribution in [1.82, 2.24) is 0 Å². The maximum absolute atomic E-state index is 13.0. The van der Waals surface area contributed by atoms with Crippen LogP contribution >= 0.6 is 0 Å². The van der Waals surface area contributed by atoms with Crippen LogP contribution in [0, 0.1) is 5.82 Å². The highest BCUT2D eigenvalue weighted by Crippen LogP contribution is 2.28. The monoisotopic (exact) mass is 289 g/mol. The van der Waals surface area contributed by atoms with Crippen molar-refractivity contribution in [3.8, 4) is 11.5 Å². The van der Waals surface area contributed by atoms with E-state index in [1.807, 2.05) is 31.2 Å². The van der Waals surface area contributed by atoms with Crippen molar-refractivity contribution in [2.24, 2.45) is 0 Å². The summed E-state index contributed by atoms with van der Waals surface area (Å²) in [6.45, 7) is 4.64. The third kappa shape index (κ3) is 4.12. The topological polar surface area (TPSA) is 41.5 Å². The molecule has 21 heavy (non-hydrogen) atoms. The number of rotatable bonds is 6. The summed E-state index contributed by atoms with van der Waals surface area (Å²) in [6, 6.07) is 11.5. The van der Waals surface area contributed by atoms with Crippen molar-refractivity contribution in [3.05, 3.63) is 53.8 Å². The van der Waals surface area contributed by atoms with Crippen molar-refractivity contribution >= 4 is 5.69 Å². The molecule has 0 saturated heterocycles. The Morgan fingerprint density at radius 3 is 2.76 bits per heavy atom. The van der Waals surface area contributed by atoms with Crippen LogP contribution in [0.5, 0.6) is 11.5 Å². The lowest BCUT2D eigenvalue weighted by Crippen LogP contribution is -2.07. The lowest BCUT2D eigenvalue weighted by molar-refractivity contribution is 0.317. The summed E-state index contributed by atoms with van der Waals surface area (Å²) >= 11 is 0. The Morgan fingerprint density at radius 2 is 2.05 bits per heavy atom. The van der Waals surface area contributed by atoms with Gasteiger partial charge in [0.25, 0.3) is 0 Å². The van der Waals surface area contributed by atoms with E-state index in [9.17, 15) is 9.50 Å². The lowest BCUT2D eigenvalue weighted by atomic mass is 10.1. The molecule has 112 valence electrons. The summed E-state index contributed by atoms with van der Waals surface area (Å²) in [7, 11) is 0. The second kappa shape index (κ2) is 6.97. The number of phenols is 1. The normalized spacial score (nSPS) is 12.0. The van der Waals surface area contributed by atoms with Gasteiger partial charge in [-0.15, -0.1) is 0 Å². The van der Waals surface area contributed by atoms with Gasteiger partial charge in [0, 0.05) is 23.4 Å². The first-order valence-electron chi connectivity index (χ1n) is 7.08. The third-order valence-electron chi connectivity index (χ3n) is 3.15. The molecule has 0 spiro atoms. The molecule has 1 unspecified atom stereocenters. The van der Waals surface area contributed by atoms with E-state index >= 15 is 0 Å². The van der Waals surface area contributed by atoms with Crippen LogP contribution in [0.2, 0.25) is 0 Å². The van der Waals surface area contributed by atoms with E-state index in [1.165, 1.54) is 6.07 Å². The van der Waals surface area contributed by atoms with Gasteiger partial charge in [-0.2, -0.15) is 0 Å². The van der Waals surface area contributed by atoms with Crippen LogP contribution in [-0.4, -0.2) is 11.7 Å². The minimum atomic E-state index is -0.446. The van der Waals surface area contributed by atoms with Gasteiger partial charge >= 0.3 is 0 Å². The molecule has 2 N–H and O–H groups in total. The lowest BCUT2D eigenvalue weighted by Gasteiger charge is -2.17. The minimum absolute atomic E-state index is 0.0478. The van der Waals surface area contributed by atoms with Crippen LogP contribution in [0.1, 0.15) is 31.9 Å². The average Bonchev–Trinajstić information content (AvgIpc) is 2.45. The zero-order valence-corrected chi connectivity index (χ0v) is 12.3. The first-order chi connectivity index (χ1) is 10.1. The third-order valence-corrected chi connectivity index (χ3v) is 3.15. The Kier molecular flexibility index (Phi) is 5.04. The highest BCUT2D eigenvalue weighted by Gasteiger charge is 2.11. The van der Waals surface area contributed by atoms with E-state index in [-0.39, 0.29) is 11.8 Å². The molecule has 3 nitrogen and oxygen atoms in total. The average molecular weight is 289 g/mol. The van der Waals surface area contributed by atoms with Crippen LogP contribution < -0.4 is 10.1 Å². The highest BCUT2D eigenvalue weighted by atomic mass is 19.1. The Bertz CT molecular complexity index is 601. The molecule has 1 atom stereocenters. The van der Waals surface area contributed by atoms with Gasteiger partial charge in [-0.1, -0.05) is 19.1 Å². The van der Waals surface area contributed by atoms with E-state index in [0.29, 0.717) is 12.2 Å². The molecule has 0 heterocycles. The number of nitrogens with one attached hydrogen (secondary N) is 1. The van der Waals surface area contributed by atoms with Crippen molar-refractivity contribution in [2.75, 3.05) is 11.9 Å². The van der Waals surface area contributed by atoms with Gasteiger partial charge in [0.15, 0.2) is 0 Å². The molecule has 2 aromatic carbocycles. The molecule has 0 amide bonds. The van der Waals surface area contributed by atoms with Gasteiger partial charge in [-0.05, 0) is 31.5 Å². The van der Waals surface area contributed by atoms with Crippen LogP contribution in [0.15, 0.2) is 42.5 Å². The zero-order valence-electron chi connectivity index (χ0n) is 12.3. The van der Waals surface area contributed by atoms with E-state index in [4.69, 9.17) is 4.74 Å². The van der Waals surface area contributed by atoms with Crippen molar-refractivity contribution in [1.29, 1.82) is 0 Å². The van der Waals surface area contributed by atoms with Crippen LogP contribution in [0.25, 0.3) is 0 Å². The Morgan fingerprint density at radius 1 is 1.24 bits per heavy atom. The number of anilines is 1. The van der Waals surface area contributed by atoms with E-state index < -0.39 is 5.82 Å². The molecular weight excluding hydrogens is 269 g/mol. The minimum Gasteiger partial charge on any atom is -0.507 e. The van der Waals surface area contributed by atoms with E-state index in [2.05, 4.69) is 12.2 Å². The summed E-state index contributed by atoms with van der Waals surface area (Å²) in [5, 5.41) is 13.1. The summed E-state index contributed by atoms with van der Waals surface area (Å²) < 4.78 is 18.6. The molecule has 0 bridgehead atoms. The van der Waals surface area contributed by atoms with E-state index in [0.717, 1.165) is 23.9 Å². The molecule has 2 aromatic rings. The van der Waals surface area contributed by atoms with Crippen molar-refractivity contribution in [3.63, 3.8) is 0 Å². The van der Waals surface area contributed by atoms with Gasteiger partial charge in [0.05, 0.1) is 12.6 Å². The molecule has 0 aromatic heterocycles. The maximum atomic E-state index is 13.0. The fraction of sp³-hybridized carbons (Fsp3) is 0.294. The number of hydrogen-bond donors (Lipinski definition) is 2. The maximum Gasteiger partial charge on any atom is 0.126 e. The SMILES string of the molecule is CCCOc1cccc(NC(C)c2ccc(F)cc2O)c1.